The Bertz CT molecular complexity index is 616. The van der Waals surface area contributed by atoms with Crippen LogP contribution in [0.25, 0.3) is 0 Å². The summed E-state index contributed by atoms with van der Waals surface area (Å²) < 4.78 is 26.9. The molecule has 1 aromatic carbocycles. The van der Waals surface area contributed by atoms with E-state index in [1.807, 2.05) is 12.3 Å². The molecule has 6 heteroatoms. The molecule has 0 saturated heterocycles. The van der Waals surface area contributed by atoms with E-state index in [0.717, 1.165) is 10.7 Å². The smallest absolute Gasteiger partial charge is 0.183 e. The highest BCUT2D eigenvalue weighted by Crippen LogP contribution is 2.21. The van der Waals surface area contributed by atoms with Crippen LogP contribution in [0.4, 0.5) is 14.5 Å². The topological polar surface area (TPSA) is 48.7 Å². The van der Waals surface area contributed by atoms with Gasteiger partial charge in [-0.05, 0) is 19.1 Å². The number of hydrogen-bond acceptors (Lipinski definition) is 4. The van der Waals surface area contributed by atoms with E-state index < -0.39 is 11.6 Å². The third-order valence-corrected chi connectivity index (χ3v) is 3.15. The van der Waals surface area contributed by atoms with E-state index in [2.05, 4.69) is 10.3 Å². The number of aryl methyl sites for hydroxylation is 1. The molecule has 0 aliphatic carbocycles. The molecule has 0 unspecified atom stereocenters. The van der Waals surface area contributed by atoms with Gasteiger partial charge in [0.15, 0.2) is 11.6 Å². The van der Waals surface area contributed by atoms with Crippen LogP contribution in [0, 0.1) is 29.9 Å². The maximum atomic E-state index is 13.6. The van der Waals surface area contributed by atoms with Gasteiger partial charge >= 0.3 is 0 Å². The third kappa shape index (κ3) is 2.46. The molecule has 1 N–H and O–H groups in total. The quantitative estimate of drug-likeness (QED) is 0.927. The highest BCUT2D eigenvalue weighted by atomic mass is 32.1. The van der Waals surface area contributed by atoms with Gasteiger partial charge in [-0.3, -0.25) is 0 Å². The Hall–Kier alpha value is -2.00. The summed E-state index contributed by atoms with van der Waals surface area (Å²) >= 11 is 1.49. The fourth-order valence-electron chi connectivity index (χ4n) is 1.45. The molecule has 0 bridgehead atoms. The molecular weight excluding hydrogens is 256 g/mol. The number of aromatic nitrogens is 1. The van der Waals surface area contributed by atoms with Crippen molar-refractivity contribution in [1.82, 2.24) is 4.98 Å². The first kappa shape index (κ1) is 12.5. The van der Waals surface area contributed by atoms with E-state index in [9.17, 15) is 8.78 Å². The number of halogens is 2. The first-order chi connectivity index (χ1) is 8.61. The molecule has 2 rings (SSSR count). The molecule has 0 spiro atoms. The summed E-state index contributed by atoms with van der Waals surface area (Å²) in [6.07, 6.45) is 0. The second-order valence-corrected chi connectivity index (χ2v) is 4.67. The molecule has 0 aliphatic heterocycles. The number of thiazole rings is 1. The van der Waals surface area contributed by atoms with Gasteiger partial charge in [0.05, 0.1) is 28.5 Å². The maximum Gasteiger partial charge on any atom is 0.183 e. The highest BCUT2D eigenvalue weighted by molar-refractivity contribution is 7.09. The lowest BCUT2D eigenvalue weighted by Gasteiger charge is -2.07. The second kappa shape index (κ2) is 5.10. The minimum absolute atomic E-state index is 0.0251. The number of nitrogens with one attached hydrogen (secondary N) is 1. The number of rotatable bonds is 3. The third-order valence-electron chi connectivity index (χ3n) is 2.33. The summed E-state index contributed by atoms with van der Waals surface area (Å²) in [6.45, 7) is 2.18. The van der Waals surface area contributed by atoms with Gasteiger partial charge in [0.1, 0.15) is 6.07 Å². The molecule has 18 heavy (non-hydrogen) atoms. The number of hydrogen-bond donors (Lipinski definition) is 1. The Balaban J connectivity index is 2.15. The lowest BCUT2D eigenvalue weighted by molar-refractivity contribution is 0.508. The van der Waals surface area contributed by atoms with E-state index >= 15 is 0 Å². The molecule has 0 atom stereocenters. The molecule has 0 amide bonds. The van der Waals surface area contributed by atoms with Gasteiger partial charge in [-0.25, -0.2) is 13.8 Å². The number of anilines is 1. The monoisotopic (exact) mass is 265 g/mol. The van der Waals surface area contributed by atoms with Crippen molar-refractivity contribution < 1.29 is 8.78 Å². The molecule has 0 saturated carbocycles. The molecule has 92 valence electrons. The predicted molar refractivity (Wildman–Crippen MR) is 65.3 cm³/mol. The summed E-state index contributed by atoms with van der Waals surface area (Å²) in [5.74, 6) is -2.17. The van der Waals surface area contributed by atoms with Crippen LogP contribution in [-0.2, 0) is 6.54 Å². The van der Waals surface area contributed by atoms with E-state index in [1.165, 1.54) is 23.5 Å². The van der Waals surface area contributed by atoms with Crippen molar-refractivity contribution in [2.75, 3.05) is 5.32 Å². The lowest BCUT2D eigenvalue weighted by Crippen LogP contribution is -2.04. The first-order valence-corrected chi connectivity index (χ1v) is 6.02. The maximum absolute atomic E-state index is 13.6. The Kier molecular flexibility index (Phi) is 3.53. The molecule has 2 aromatic rings. The van der Waals surface area contributed by atoms with Crippen molar-refractivity contribution in [1.29, 1.82) is 5.26 Å². The zero-order valence-electron chi connectivity index (χ0n) is 9.50. The molecule has 0 aliphatic rings. The zero-order chi connectivity index (χ0) is 13.1. The van der Waals surface area contributed by atoms with Gasteiger partial charge in [-0.1, -0.05) is 0 Å². The Morgan fingerprint density at radius 3 is 2.78 bits per heavy atom. The normalized spacial score (nSPS) is 10.1. The fourth-order valence-corrected chi connectivity index (χ4v) is 2.06. The molecule has 1 aromatic heterocycles. The lowest BCUT2D eigenvalue weighted by atomic mass is 10.2. The van der Waals surface area contributed by atoms with Crippen LogP contribution in [0.3, 0.4) is 0 Å². The van der Waals surface area contributed by atoms with Crippen LogP contribution >= 0.6 is 11.3 Å². The van der Waals surface area contributed by atoms with Gasteiger partial charge < -0.3 is 5.32 Å². The van der Waals surface area contributed by atoms with Crippen LogP contribution in [0.5, 0.6) is 0 Å². The van der Waals surface area contributed by atoms with E-state index in [0.29, 0.717) is 6.54 Å². The minimum atomic E-state index is -1.13. The minimum Gasteiger partial charge on any atom is -0.377 e. The predicted octanol–water partition coefficient (Wildman–Crippen LogP) is 3.21. The van der Waals surface area contributed by atoms with Gasteiger partial charge in [0.2, 0.25) is 0 Å². The average molecular weight is 265 g/mol. The SMILES string of the molecule is Cc1nc(CNc2ccc(C#N)c(F)c2F)cs1. The van der Waals surface area contributed by atoms with Crippen molar-refractivity contribution in [3.63, 3.8) is 0 Å². The van der Waals surface area contributed by atoms with Crippen molar-refractivity contribution in [3.8, 4) is 6.07 Å². The standard InChI is InChI=1S/C12H9F2N3S/c1-7-17-9(6-18-7)5-16-10-3-2-8(4-15)11(13)12(10)14/h2-3,6,16H,5H2,1H3. The van der Waals surface area contributed by atoms with E-state index in [1.54, 1.807) is 6.07 Å². The first-order valence-electron chi connectivity index (χ1n) is 5.15. The Morgan fingerprint density at radius 1 is 1.39 bits per heavy atom. The number of benzene rings is 1. The molecule has 0 fully saturated rings. The average Bonchev–Trinajstić information content (AvgIpc) is 2.77. The van der Waals surface area contributed by atoms with Crippen LogP contribution < -0.4 is 5.32 Å². The van der Waals surface area contributed by atoms with Crippen molar-refractivity contribution in [2.24, 2.45) is 0 Å². The summed E-state index contributed by atoms with van der Waals surface area (Å²) in [5, 5.41) is 14.1. The van der Waals surface area contributed by atoms with E-state index in [-0.39, 0.29) is 11.3 Å². The number of nitrogens with zero attached hydrogens (tertiary/aromatic N) is 2. The van der Waals surface area contributed by atoms with E-state index in [4.69, 9.17) is 5.26 Å². The van der Waals surface area contributed by atoms with Crippen LogP contribution in [0.15, 0.2) is 17.5 Å². The Morgan fingerprint density at radius 2 is 2.17 bits per heavy atom. The second-order valence-electron chi connectivity index (χ2n) is 3.61. The van der Waals surface area contributed by atoms with Gasteiger partial charge in [0.25, 0.3) is 0 Å². The highest BCUT2D eigenvalue weighted by Gasteiger charge is 2.13. The largest absolute Gasteiger partial charge is 0.377 e. The van der Waals surface area contributed by atoms with Gasteiger partial charge in [0, 0.05) is 5.38 Å². The Labute approximate surface area is 107 Å². The van der Waals surface area contributed by atoms with Crippen LogP contribution in [-0.4, -0.2) is 4.98 Å². The molecule has 3 nitrogen and oxygen atoms in total. The summed E-state index contributed by atoms with van der Waals surface area (Å²) in [4.78, 5) is 4.20. The molecular formula is C12H9F2N3S. The van der Waals surface area contributed by atoms with Gasteiger partial charge in [-0.2, -0.15) is 5.26 Å². The summed E-state index contributed by atoms with van der Waals surface area (Å²) in [6, 6.07) is 4.17. The van der Waals surface area contributed by atoms with Gasteiger partial charge in [-0.15, -0.1) is 11.3 Å². The number of nitriles is 1. The summed E-state index contributed by atoms with van der Waals surface area (Å²) in [5.41, 5.74) is 0.487. The molecule has 1 heterocycles. The van der Waals surface area contributed by atoms with Crippen LogP contribution in [0.1, 0.15) is 16.3 Å². The van der Waals surface area contributed by atoms with Crippen LogP contribution in [0.2, 0.25) is 0 Å². The van der Waals surface area contributed by atoms with Crippen molar-refractivity contribution >= 4 is 17.0 Å². The molecule has 0 radical (unpaired) electrons. The summed E-state index contributed by atoms with van der Waals surface area (Å²) in [7, 11) is 0. The fraction of sp³-hybridized carbons (Fsp3) is 0.167. The van der Waals surface area contributed by atoms with Crippen molar-refractivity contribution in [2.45, 2.75) is 13.5 Å². The zero-order valence-corrected chi connectivity index (χ0v) is 10.3. The van der Waals surface area contributed by atoms with Crippen molar-refractivity contribution in [3.05, 3.63) is 45.4 Å².